The fraction of sp³-hybridized carbons (Fsp3) is 0.250. The fourth-order valence-electron chi connectivity index (χ4n) is 2.43. The molecule has 11 heteroatoms. The zero-order valence-corrected chi connectivity index (χ0v) is 18.4. The summed E-state index contributed by atoms with van der Waals surface area (Å²) in [5, 5.41) is 5.28. The van der Waals surface area contributed by atoms with Crippen LogP contribution in [0.5, 0.6) is 0 Å². The highest BCUT2D eigenvalue weighted by molar-refractivity contribution is 7.89. The Kier molecular flexibility index (Phi) is 7.72. The molecule has 0 saturated heterocycles. The minimum absolute atomic E-state index is 0.0464. The number of nitrogens with one attached hydrogen (secondary N) is 4. The van der Waals surface area contributed by atoms with Gasteiger partial charge in [-0.3, -0.25) is 20.4 Å². The lowest BCUT2D eigenvalue weighted by molar-refractivity contribution is 0.0846. The molecule has 0 bridgehead atoms. The first-order valence-corrected chi connectivity index (χ1v) is 10.8. The SMILES string of the molecule is CC(C)NC(=O)Nc1cccc(C(=O)NNC(=O)c2cccc(S(=O)(=O)N(C)C)c2)c1. The van der Waals surface area contributed by atoms with Crippen LogP contribution in [0.15, 0.2) is 53.4 Å². The molecule has 4 N–H and O–H groups in total. The molecule has 0 fully saturated rings. The first kappa shape index (κ1) is 23.8. The lowest BCUT2D eigenvalue weighted by Gasteiger charge is -2.13. The molecule has 0 aromatic heterocycles. The van der Waals surface area contributed by atoms with Crippen LogP contribution in [-0.2, 0) is 10.0 Å². The molecule has 2 rings (SSSR count). The molecular weight excluding hydrogens is 422 g/mol. The number of carbonyl (C=O) groups excluding carboxylic acids is 3. The van der Waals surface area contributed by atoms with E-state index in [0.717, 1.165) is 4.31 Å². The average molecular weight is 448 g/mol. The van der Waals surface area contributed by atoms with Crippen molar-refractivity contribution in [1.29, 1.82) is 0 Å². The van der Waals surface area contributed by atoms with Gasteiger partial charge in [-0.25, -0.2) is 17.5 Å². The highest BCUT2D eigenvalue weighted by Gasteiger charge is 2.19. The van der Waals surface area contributed by atoms with Crippen molar-refractivity contribution in [2.45, 2.75) is 24.8 Å². The van der Waals surface area contributed by atoms with Crippen molar-refractivity contribution in [3.8, 4) is 0 Å². The van der Waals surface area contributed by atoms with Crippen LogP contribution < -0.4 is 21.5 Å². The lowest BCUT2D eigenvalue weighted by Crippen LogP contribution is -2.41. The van der Waals surface area contributed by atoms with E-state index in [1.165, 1.54) is 50.5 Å². The van der Waals surface area contributed by atoms with Gasteiger partial charge < -0.3 is 10.6 Å². The Bertz CT molecular complexity index is 1080. The van der Waals surface area contributed by atoms with E-state index >= 15 is 0 Å². The molecule has 0 atom stereocenters. The van der Waals surface area contributed by atoms with Gasteiger partial charge in [-0.2, -0.15) is 0 Å². The summed E-state index contributed by atoms with van der Waals surface area (Å²) in [4.78, 5) is 36.4. The standard InChI is InChI=1S/C20H25N5O5S/c1-13(2)21-20(28)22-16-9-5-7-14(11-16)18(26)23-24-19(27)15-8-6-10-17(12-15)31(29,30)25(3)4/h5-13H,1-4H3,(H,23,26)(H,24,27)(H2,21,22,28). The molecule has 4 amide bonds. The Morgan fingerprint density at radius 1 is 0.871 bits per heavy atom. The van der Waals surface area contributed by atoms with E-state index in [4.69, 9.17) is 0 Å². The summed E-state index contributed by atoms with van der Waals surface area (Å²) in [7, 11) is -0.930. The molecule has 166 valence electrons. The Hall–Kier alpha value is -3.44. The largest absolute Gasteiger partial charge is 0.336 e. The Labute approximate surface area is 181 Å². The third-order valence-electron chi connectivity index (χ3n) is 3.97. The summed E-state index contributed by atoms with van der Waals surface area (Å²) in [5.41, 5.74) is 5.17. The van der Waals surface area contributed by atoms with Gasteiger partial charge in [0.05, 0.1) is 4.90 Å². The predicted octanol–water partition coefficient (Wildman–Crippen LogP) is 1.54. The minimum Gasteiger partial charge on any atom is -0.336 e. The van der Waals surface area contributed by atoms with E-state index in [2.05, 4.69) is 21.5 Å². The van der Waals surface area contributed by atoms with E-state index in [9.17, 15) is 22.8 Å². The van der Waals surface area contributed by atoms with E-state index in [0.29, 0.717) is 5.69 Å². The summed E-state index contributed by atoms with van der Waals surface area (Å²) in [5.74, 6) is -1.30. The summed E-state index contributed by atoms with van der Waals surface area (Å²) in [6.45, 7) is 3.63. The van der Waals surface area contributed by atoms with Crippen molar-refractivity contribution < 1.29 is 22.8 Å². The number of urea groups is 1. The maximum absolute atomic E-state index is 12.4. The Morgan fingerprint density at radius 2 is 1.42 bits per heavy atom. The van der Waals surface area contributed by atoms with E-state index < -0.39 is 27.9 Å². The highest BCUT2D eigenvalue weighted by Crippen LogP contribution is 2.15. The molecule has 2 aromatic rings. The second-order valence-electron chi connectivity index (χ2n) is 7.06. The molecule has 0 aliphatic rings. The third kappa shape index (κ3) is 6.52. The van der Waals surface area contributed by atoms with Gasteiger partial charge in [0.25, 0.3) is 11.8 Å². The van der Waals surface area contributed by atoms with Crippen molar-refractivity contribution in [3.63, 3.8) is 0 Å². The van der Waals surface area contributed by atoms with Gasteiger partial charge in [0.2, 0.25) is 10.0 Å². The van der Waals surface area contributed by atoms with Crippen LogP contribution in [0.2, 0.25) is 0 Å². The van der Waals surface area contributed by atoms with Gasteiger partial charge in [-0.05, 0) is 50.2 Å². The van der Waals surface area contributed by atoms with Crippen LogP contribution in [-0.4, -0.2) is 50.7 Å². The molecule has 0 spiro atoms. The second-order valence-corrected chi connectivity index (χ2v) is 9.21. The van der Waals surface area contributed by atoms with Crippen molar-refractivity contribution in [1.82, 2.24) is 20.5 Å². The quantitative estimate of drug-likeness (QED) is 0.498. The Morgan fingerprint density at radius 3 is 1.97 bits per heavy atom. The number of hydrogen-bond donors (Lipinski definition) is 4. The van der Waals surface area contributed by atoms with Crippen molar-refractivity contribution in [3.05, 3.63) is 59.7 Å². The van der Waals surface area contributed by atoms with Crippen LogP contribution in [0.1, 0.15) is 34.6 Å². The summed E-state index contributed by atoms with van der Waals surface area (Å²) in [6, 6.07) is 11.2. The molecular formula is C20H25N5O5S. The number of carbonyl (C=O) groups is 3. The zero-order valence-electron chi connectivity index (χ0n) is 17.6. The highest BCUT2D eigenvalue weighted by atomic mass is 32.2. The number of amides is 4. The van der Waals surface area contributed by atoms with Gasteiger partial charge in [-0.15, -0.1) is 0 Å². The third-order valence-corrected chi connectivity index (χ3v) is 5.78. The summed E-state index contributed by atoms with van der Waals surface area (Å²) in [6.07, 6.45) is 0. The first-order chi connectivity index (χ1) is 14.5. The van der Waals surface area contributed by atoms with Crippen LogP contribution in [0.3, 0.4) is 0 Å². The first-order valence-electron chi connectivity index (χ1n) is 9.31. The Balaban J connectivity index is 2.04. The fourth-order valence-corrected chi connectivity index (χ4v) is 3.38. The number of nitrogens with zero attached hydrogens (tertiary/aromatic N) is 1. The molecule has 10 nitrogen and oxygen atoms in total. The lowest BCUT2D eigenvalue weighted by atomic mass is 10.2. The topological polar surface area (TPSA) is 137 Å². The maximum Gasteiger partial charge on any atom is 0.319 e. The van der Waals surface area contributed by atoms with Crippen LogP contribution in [0.4, 0.5) is 10.5 Å². The number of hydrazine groups is 1. The molecule has 2 aromatic carbocycles. The number of hydrogen-bond acceptors (Lipinski definition) is 5. The van der Waals surface area contributed by atoms with E-state index in [1.807, 2.05) is 13.8 Å². The molecule has 0 heterocycles. The number of rotatable bonds is 6. The van der Waals surface area contributed by atoms with Gasteiger partial charge in [-0.1, -0.05) is 12.1 Å². The van der Waals surface area contributed by atoms with Gasteiger partial charge >= 0.3 is 6.03 Å². The molecule has 0 aliphatic heterocycles. The van der Waals surface area contributed by atoms with Crippen molar-refractivity contribution in [2.75, 3.05) is 19.4 Å². The van der Waals surface area contributed by atoms with Gasteiger partial charge in [0.1, 0.15) is 0 Å². The van der Waals surface area contributed by atoms with Crippen molar-refractivity contribution >= 4 is 33.6 Å². The average Bonchev–Trinajstić information content (AvgIpc) is 2.71. The number of sulfonamides is 1. The molecule has 0 radical (unpaired) electrons. The van der Waals surface area contributed by atoms with E-state index in [1.54, 1.807) is 12.1 Å². The smallest absolute Gasteiger partial charge is 0.319 e. The number of benzene rings is 2. The van der Waals surface area contributed by atoms with Gasteiger partial charge in [0, 0.05) is 37.0 Å². The normalized spacial score (nSPS) is 11.2. The molecule has 0 aliphatic carbocycles. The second kappa shape index (κ2) is 10.0. The monoisotopic (exact) mass is 447 g/mol. The zero-order chi connectivity index (χ0) is 23.2. The van der Waals surface area contributed by atoms with Crippen LogP contribution in [0.25, 0.3) is 0 Å². The minimum atomic E-state index is -3.70. The molecule has 0 saturated carbocycles. The molecule has 0 unspecified atom stereocenters. The summed E-state index contributed by atoms with van der Waals surface area (Å²) >= 11 is 0. The predicted molar refractivity (Wildman–Crippen MR) is 116 cm³/mol. The van der Waals surface area contributed by atoms with E-state index in [-0.39, 0.29) is 22.1 Å². The molecule has 31 heavy (non-hydrogen) atoms. The van der Waals surface area contributed by atoms with Gasteiger partial charge in [0.15, 0.2) is 0 Å². The van der Waals surface area contributed by atoms with Crippen LogP contribution in [0, 0.1) is 0 Å². The van der Waals surface area contributed by atoms with Crippen molar-refractivity contribution in [2.24, 2.45) is 0 Å². The van der Waals surface area contributed by atoms with Crippen LogP contribution >= 0.6 is 0 Å². The number of anilines is 1. The maximum atomic E-state index is 12.4. The summed E-state index contributed by atoms with van der Waals surface area (Å²) < 4.78 is 25.5.